The van der Waals surface area contributed by atoms with E-state index in [1.807, 2.05) is 30.3 Å². The molecule has 0 fully saturated rings. The lowest BCUT2D eigenvalue weighted by Crippen LogP contribution is -2.42. The van der Waals surface area contributed by atoms with E-state index in [4.69, 9.17) is 0 Å². The second kappa shape index (κ2) is 8.27. The Morgan fingerprint density at radius 3 is 2.52 bits per heavy atom. The summed E-state index contributed by atoms with van der Waals surface area (Å²) in [4.78, 5) is 40.2. The Kier molecular flexibility index (Phi) is 5.61. The first kappa shape index (κ1) is 18.3. The Labute approximate surface area is 155 Å². The second-order valence-electron chi connectivity index (χ2n) is 6.16. The number of nitrogens with zero attached hydrogens (tertiary/aromatic N) is 2. The number of aliphatic carboxylic acids is 1. The van der Waals surface area contributed by atoms with Crippen molar-refractivity contribution in [3.05, 3.63) is 76.8 Å². The topological polar surface area (TPSA) is 101 Å². The largest absolute Gasteiger partial charge is 0.480 e. The van der Waals surface area contributed by atoms with Gasteiger partial charge in [-0.3, -0.25) is 14.2 Å². The lowest BCUT2D eigenvalue weighted by Gasteiger charge is -2.15. The van der Waals surface area contributed by atoms with Gasteiger partial charge in [-0.2, -0.15) is 0 Å². The number of fused-ring (bicyclic) bond motifs is 1. The van der Waals surface area contributed by atoms with Gasteiger partial charge in [0.2, 0.25) is 5.91 Å². The lowest BCUT2D eigenvalue weighted by molar-refractivity contribution is -0.141. The third-order valence-electron chi connectivity index (χ3n) is 4.23. The number of para-hydroxylation sites is 1. The van der Waals surface area contributed by atoms with Crippen molar-refractivity contribution in [3.63, 3.8) is 0 Å². The molecule has 3 aromatic rings. The van der Waals surface area contributed by atoms with Crippen molar-refractivity contribution < 1.29 is 14.7 Å². The molecule has 0 aliphatic heterocycles. The minimum absolute atomic E-state index is 0.0154. The highest BCUT2D eigenvalue weighted by atomic mass is 16.4. The van der Waals surface area contributed by atoms with Gasteiger partial charge >= 0.3 is 5.97 Å². The van der Waals surface area contributed by atoms with Gasteiger partial charge in [0, 0.05) is 19.4 Å². The summed E-state index contributed by atoms with van der Waals surface area (Å²) in [6.45, 7) is 0.125. The van der Waals surface area contributed by atoms with Crippen molar-refractivity contribution in [3.8, 4) is 0 Å². The van der Waals surface area contributed by atoms with Crippen molar-refractivity contribution in [2.75, 3.05) is 0 Å². The fourth-order valence-electron chi connectivity index (χ4n) is 2.80. The maximum absolute atomic E-state index is 12.4. The van der Waals surface area contributed by atoms with Crippen LogP contribution in [0.15, 0.2) is 65.7 Å². The van der Waals surface area contributed by atoms with E-state index in [-0.39, 0.29) is 24.9 Å². The average molecular weight is 365 g/mol. The number of amides is 1. The molecule has 0 aliphatic carbocycles. The molecule has 7 heteroatoms. The van der Waals surface area contributed by atoms with Crippen LogP contribution in [0.2, 0.25) is 0 Å². The van der Waals surface area contributed by atoms with E-state index in [2.05, 4.69) is 10.3 Å². The Morgan fingerprint density at radius 1 is 1.07 bits per heavy atom. The number of carboxylic acid groups (broad SMARTS) is 1. The molecule has 0 saturated heterocycles. The molecule has 1 amide bonds. The van der Waals surface area contributed by atoms with Gasteiger partial charge in [-0.15, -0.1) is 0 Å². The molecule has 1 atom stereocenters. The van der Waals surface area contributed by atoms with Crippen LogP contribution in [-0.4, -0.2) is 32.6 Å². The number of carbonyl (C=O) groups is 2. The maximum atomic E-state index is 12.4. The van der Waals surface area contributed by atoms with E-state index < -0.39 is 17.9 Å². The smallest absolute Gasteiger partial charge is 0.326 e. The molecular formula is C20H19N3O4. The quantitative estimate of drug-likeness (QED) is 0.662. The van der Waals surface area contributed by atoms with Gasteiger partial charge in [0.25, 0.3) is 5.56 Å². The fraction of sp³-hybridized carbons (Fsp3) is 0.200. The summed E-state index contributed by atoms with van der Waals surface area (Å²) >= 11 is 0. The van der Waals surface area contributed by atoms with Crippen molar-refractivity contribution in [2.45, 2.75) is 25.4 Å². The first-order valence-corrected chi connectivity index (χ1v) is 8.55. The first-order chi connectivity index (χ1) is 13.0. The number of rotatable bonds is 7. The van der Waals surface area contributed by atoms with Crippen LogP contribution in [-0.2, 0) is 22.6 Å². The number of carboxylic acids is 1. The molecule has 27 heavy (non-hydrogen) atoms. The van der Waals surface area contributed by atoms with Crippen molar-refractivity contribution in [1.29, 1.82) is 0 Å². The molecule has 1 unspecified atom stereocenters. The molecule has 7 nitrogen and oxygen atoms in total. The van der Waals surface area contributed by atoms with Crippen LogP contribution in [0.25, 0.3) is 10.9 Å². The highest BCUT2D eigenvalue weighted by Crippen LogP contribution is 2.06. The van der Waals surface area contributed by atoms with Crippen LogP contribution < -0.4 is 10.9 Å². The van der Waals surface area contributed by atoms with Crippen molar-refractivity contribution in [1.82, 2.24) is 14.9 Å². The van der Waals surface area contributed by atoms with E-state index in [9.17, 15) is 19.5 Å². The Bertz CT molecular complexity index is 1010. The van der Waals surface area contributed by atoms with Crippen molar-refractivity contribution >= 4 is 22.8 Å². The second-order valence-corrected chi connectivity index (χ2v) is 6.16. The van der Waals surface area contributed by atoms with E-state index in [0.29, 0.717) is 10.9 Å². The summed E-state index contributed by atoms with van der Waals surface area (Å²) < 4.78 is 1.36. The van der Waals surface area contributed by atoms with E-state index in [1.165, 1.54) is 10.9 Å². The molecule has 0 spiro atoms. The third-order valence-corrected chi connectivity index (χ3v) is 4.23. The summed E-state index contributed by atoms with van der Waals surface area (Å²) in [5, 5.41) is 12.3. The van der Waals surface area contributed by atoms with Gasteiger partial charge in [0.15, 0.2) is 0 Å². The van der Waals surface area contributed by atoms with E-state index in [1.54, 1.807) is 24.3 Å². The van der Waals surface area contributed by atoms with Gasteiger partial charge < -0.3 is 10.4 Å². The Hall–Kier alpha value is -3.48. The molecule has 1 heterocycles. The summed E-state index contributed by atoms with van der Waals surface area (Å²) in [5.41, 5.74) is 1.18. The van der Waals surface area contributed by atoms with E-state index in [0.717, 1.165) is 5.56 Å². The minimum Gasteiger partial charge on any atom is -0.480 e. The molecule has 0 radical (unpaired) electrons. The van der Waals surface area contributed by atoms with Crippen LogP contribution >= 0.6 is 0 Å². The molecule has 2 N–H and O–H groups in total. The van der Waals surface area contributed by atoms with Gasteiger partial charge in [-0.05, 0) is 17.7 Å². The monoisotopic (exact) mass is 365 g/mol. The SMILES string of the molecule is O=C(CCn1cnc2ccccc2c1=O)NC(Cc1ccccc1)C(=O)O. The van der Waals surface area contributed by atoms with Crippen LogP contribution in [0.4, 0.5) is 0 Å². The maximum Gasteiger partial charge on any atom is 0.326 e. The number of aromatic nitrogens is 2. The zero-order chi connectivity index (χ0) is 19.2. The highest BCUT2D eigenvalue weighted by Gasteiger charge is 2.20. The third kappa shape index (κ3) is 4.58. The van der Waals surface area contributed by atoms with Crippen LogP contribution in [0.5, 0.6) is 0 Å². The summed E-state index contributed by atoms with van der Waals surface area (Å²) in [6, 6.07) is 15.0. The number of nitrogens with one attached hydrogen (secondary N) is 1. The van der Waals surface area contributed by atoms with E-state index >= 15 is 0 Å². The predicted octanol–water partition coefficient (Wildman–Crippen LogP) is 1.60. The normalized spacial score (nSPS) is 11.9. The minimum atomic E-state index is -1.10. The molecule has 0 saturated carbocycles. The van der Waals surface area contributed by atoms with Gasteiger partial charge in [-0.25, -0.2) is 9.78 Å². The fourth-order valence-corrected chi connectivity index (χ4v) is 2.80. The van der Waals surface area contributed by atoms with Gasteiger partial charge in [0.1, 0.15) is 6.04 Å². The lowest BCUT2D eigenvalue weighted by atomic mass is 10.1. The van der Waals surface area contributed by atoms with Crippen LogP contribution in [0, 0.1) is 0 Å². The molecule has 0 aliphatic rings. The Balaban J connectivity index is 1.64. The molecule has 138 valence electrons. The van der Waals surface area contributed by atoms with Crippen LogP contribution in [0.3, 0.4) is 0 Å². The molecular weight excluding hydrogens is 346 g/mol. The zero-order valence-electron chi connectivity index (χ0n) is 14.5. The highest BCUT2D eigenvalue weighted by molar-refractivity contribution is 5.83. The number of benzene rings is 2. The Morgan fingerprint density at radius 2 is 1.78 bits per heavy atom. The molecule has 1 aromatic heterocycles. The first-order valence-electron chi connectivity index (χ1n) is 8.55. The number of carbonyl (C=O) groups excluding carboxylic acids is 1. The summed E-state index contributed by atoms with van der Waals surface area (Å²) in [7, 11) is 0. The van der Waals surface area contributed by atoms with Gasteiger partial charge in [-0.1, -0.05) is 42.5 Å². The zero-order valence-corrected chi connectivity index (χ0v) is 14.5. The molecule has 0 bridgehead atoms. The standard InChI is InChI=1S/C20H19N3O4/c24-18(22-17(20(26)27)12-14-6-2-1-3-7-14)10-11-23-13-21-16-9-5-4-8-15(16)19(23)25/h1-9,13,17H,10-12H2,(H,22,24)(H,26,27). The van der Waals surface area contributed by atoms with Crippen molar-refractivity contribution in [2.24, 2.45) is 0 Å². The summed E-state index contributed by atoms with van der Waals surface area (Å²) in [6.07, 6.45) is 1.58. The number of aryl methyl sites for hydroxylation is 1. The average Bonchev–Trinajstić information content (AvgIpc) is 2.68. The number of hydrogen-bond acceptors (Lipinski definition) is 4. The molecule has 2 aromatic carbocycles. The number of hydrogen-bond donors (Lipinski definition) is 2. The van der Waals surface area contributed by atoms with Gasteiger partial charge in [0.05, 0.1) is 17.2 Å². The van der Waals surface area contributed by atoms with Crippen LogP contribution in [0.1, 0.15) is 12.0 Å². The summed E-state index contributed by atoms with van der Waals surface area (Å²) in [5.74, 6) is -1.53. The predicted molar refractivity (Wildman–Crippen MR) is 100 cm³/mol. The molecule has 3 rings (SSSR count).